The fourth-order valence-corrected chi connectivity index (χ4v) is 4.98. The average molecular weight is 354 g/mol. The SMILES string of the molecule is O=S(=O)(Cc1ccccc1)N1CCc2[nH]cnc2C1c1cccnc1. The maximum Gasteiger partial charge on any atom is 0.219 e. The lowest BCUT2D eigenvalue weighted by molar-refractivity contribution is 0.337. The molecule has 1 atom stereocenters. The number of pyridine rings is 1. The molecule has 128 valence electrons. The van der Waals surface area contributed by atoms with Crippen molar-refractivity contribution in [2.24, 2.45) is 0 Å². The van der Waals surface area contributed by atoms with Crippen molar-refractivity contribution >= 4 is 10.0 Å². The molecule has 0 aliphatic carbocycles. The molecular formula is C18H18N4O2S. The first-order chi connectivity index (χ1) is 12.1. The Morgan fingerprint density at radius 1 is 1.16 bits per heavy atom. The third kappa shape index (κ3) is 3.08. The molecule has 6 nitrogen and oxygen atoms in total. The summed E-state index contributed by atoms with van der Waals surface area (Å²) in [6, 6.07) is 12.5. The minimum absolute atomic E-state index is 0.0235. The average Bonchev–Trinajstić information content (AvgIpc) is 3.11. The highest BCUT2D eigenvalue weighted by molar-refractivity contribution is 7.88. The molecule has 1 aromatic carbocycles. The van der Waals surface area contributed by atoms with Gasteiger partial charge < -0.3 is 4.98 Å². The predicted molar refractivity (Wildman–Crippen MR) is 94.1 cm³/mol. The van der Waals surface area contributed by atoms with Gasteiger partial charge in [0.25, 0.3) is 0 Å². The third-order valence-electron chi connectivity index (χ3n) is 4.43. The molecule has 0 radical (unpaired) electrons. The molecule has 0 bridgehead atoms. The van der Waals surface area contributed by atoms with E-state index in [0.29, 0.717) is 13.0 Å². The number of nitrogens with zero attached hydrogens (tertiary/aromatic N) is 3. The number of hydrogen-bond donors (Lipinski definition) is 1. The number of fused-ring (bicyclic) bond motifs is 1. The topological polar surface area (TPSA) is 79.0 Å². The fraction of sp³-hybridized carbons (Fsp3) is 0.222. The zero-order valence-electron chi connectivity index (χ0n) is 13.5. The van der Waals surface area contributed by atoms with E-state index in [4.69, 9.17) is 0 Å². The molecule has 0 saturated carbocycles. The third-order valence-corrected chi connectivity index (χ3v) is 6.24. The van der Waals surface area contributed by atoms with Gasteiger partial charge in [-0.25, -0.2) is 13.4 Å². The Morgan fingerprint density at radius 3 is 2.76 bits per heavy atom. The van der Waals surface area contributed by atoms with E-state index >= 15 is 0 Å². The van der Waals surface area contributed by atoms with Crippen LogP contribution in [-0.4, -0.2) is 34.2 Å². The van der Waals surface area contributed by atoms with Gasteiger partial charge in [-0.1, -0.05) is 36.4 Å². The molecule has 4 rings (SSSR count). The van der Waals surface area contributed by atoms with Crippen LogP contribution in [0.2, 0.25) is 0 Å². The van der Waals surface area contributed by atoms with Crippen molar-refractivity contribution in [3.63, 3.8) is 0 Å². The number of sulfonamides is 1. The maximum absolute atomic E-state index is 13.1. The van der Waals surface area contributed by atoms with Gasteiger partial charge >= 0.3 is 0 Å². The van der Waals surface area contributed by atoms with Gasteiger partial charge in [0.05, 0.1) is 23.8 Å². The highest BCUT2D eigenvalue weighted by atomic mass is 32.2. The molecule has 3 heterocycles. The molecule has 0 amide bonds. The molecular weight excluding hydrogens is 336 g/mol. The van der Waals surface area contributed by atoms with Gasteiger partial charge in [-0.2, -0.15) is 4.31 Å². The van der Waals surface area contributed by atoms with E-state index in [-0.39, 0.29) is 5.75 Å². The van der Waals surface area contributed by atoms with Crippen LogP contribution in [0.1, 0.15) is 28.6 Å². The molecule has 1 aliphatic heterocycles. The second-order valence-corrected chi connectivity index (χ2v) is 7.98. The van der Waals surface area contributed by atoms with Gasteiger partial charge in [-0.05, 0) is 17.2 Å². The predicted octanol–water partition coefficient (Wildman–Crippen LogP) is 2.28. The number of hydrogen-bond acceptors (Lipinski definition) is 4. The lowest BCUT2D eigenvalue weighted by Crippen LogP contribution is -2.41. The van der Waals surface area contributed by atoms with E-state index in [2.05, 4.69) is 15.0 Å². The minimum atomic E-state index is -3.50. The van der Waals surface area contributed by atoms with Gasteiger partial charge in [0.1, 0.15) is 0 Å². The largest absolute Gasteiger partial charge is 0.348 e. The van der Waals surface area contributed by atoms with E-state index in [1.54, 1.807) is 23.0 Å². The summed E-state index contributed by atoms with van der Waals surface area (Å²) in [4.78, 5) is 11.7. The highest BCUT2D eigenvalue weighted by Crippen LogP contribution is 2.35. The summed E-state index contributed by atoms with van der Waals surface area (Å²) in [7, 11) is -3.50. The number of H-pyrrole nitrogens is 1. The first kappa shape index (κ1) is 16.0. The summed E-state index contributed by atoms with van der Waals surface area (Å²) in [5, 5.41) is 0. The van der Waals surface area contributed by atoms with Gasteiger partial charge in [0.2, 0.25) is 10.0 Å². The Bertz CT molecular complexity index is 955. The fourth-order valence-electron chi connectivity index (χ4n) is 3.28. The van der Waals surface area contributed by atoms with Crippen LogP contribution in [0.4, 0.5) is 0 Å². The normalized spacial score (nSPS) is 18.0. The number of nitrogens with one attached hydrogen (secondary N) is 1. The molecule has 7 heteroatoms. The lowest BCUT2D eigenvalue weighted by atomic mass is 9.99. The Kier molecular flexibility index (Phi) is 4.10. The van der Waals surface area contributed by atoms with Crippen molar-refractivity contribution in [3.8, 4) is 0 Å². The molecule has 1 N–H and O–H groups in total. The van der Waals surface area contributed by atoms with Crippen molar-refractivity contribution in [1.82, 2.24) is 19.3 Å². The zero-order valence-corrected chi connectivity index (χ0v) is 14.4. The summed E-state index contributed by atoms with van der Waals surface area (Å²) in [6.45, 7) is 0.421. The maximum atomic E-state index is 13.1. The molecule has 0 fully saturated rings. The van der Waals surface area contributed by atoms with Crippen molar-refractivity contribution in [2.75, 3.05) is 6.54 Å². The van der Waals surface area contributed by atoms with Crippen molar-refractivity contribution in [3.05, 3.63) is 83.7 Å². The van der Waals surface area contributed by atoms with Crippen LogP contribution < -0.4 is 0 Å². The number of benzene rings is 1. The van der Waals surface area contributed by atoms with Crippen molar-refractivity contribution < 1.29 is 8.42 Å². The van der Waals surface area contributed by atoms with Crippen molar-refractivity contribution in [1.29, 1.82) is 0 Å². The summed E-state index contributed by atoms with van der Waals surface area (Å²) < 4.78 is 27.8. The van der Waals surface area contributed by atoms with Gasteiger partial charge in [-0.15, -0.1) is 0 Å². The first-order valence-electron chi connectivity index (χ1n) is 8.11. The molecule has 1 aliphatic rings. The van der Waals surface area contributed by atoms with Crippen LogP contribution in [0, 0.1) is 0 Å². The monoisotopic (exact) mass is 354 g/mol. The number of imidazole rings is 1. The smallest absolute Gasteiger partial charge is 0.219 e. The number of rotatable bonds is 4. The van der Waals surface area contributed by atoms with Crippen LogP contribution in [0.3, 0.4) is 0 Å². The van der Waals surface area contributed by atoms with Gasteiger partial charge in [0.15, 0.2) is 0 Å². The summed E-state index contributed by atoms with van der Waals surface area (Å²) >= 11 is 0. The quantitative estimate of drug-likeness (QED) is 0.780. The van der Waals surface area contributed by atoms with Crippen LogP contribution >= 0.6 is 0 Å². The standard InChI is InChI=1S/C18H18N4O2S/c23-25(24,12-14-5-2-1-3-6-14)22-10-8-16-17(21-13-20-16)18(22)15-7-4-9-19-11-15/h1-7,9,11,13,18H,8,10,12H2,(H,20,21). The van der Waals surface area contributed by atoms with Crippen molar-refractivity contribution in [2.45, 2.75) is 18.2 Å². The second kappa shape index (κ2) is 6.42. The van der Waals surface area contributed by atoms with E-state index < -0.39 is 16.1 Å². The molecule has 0 saturated heterocycles. The summed E-state index contributed by atoms with van der Waals surface area (Å²) in [5.41, 5.74) is 3.35. The Hall–Kier alpha value is -2.51. The summed E-state index contributed by atoms with van der Waals surface area (Å²) in [5.74, 6) is -0.0235. The molecule has 3 aromatic rings. The minimum Gasteiger partial charge on any atom is -0.348 e. The number of aromatic amines is 1. The van der Waals surface area contributed by atoms with Gasteiger partial charge in [-0.3, -0.25) is 4.98 Å². The van der Waals surface area contributed by atoms with Crippen LogP contribution in [0.5, 0.6) is 0 Å². The molecule has 1 unspecified atom stereocenters. The van der Waals surface area contributed by atoms with E-state index in [0.717, 1.165) is 22.5 Å². The zero-order chi connectivity index (χ0) is 17.3. The number of aromatic nitrogens is 3. The Labute approximate surface area is 146 Å². The molecule has 2 aromatic heterocycles. The Morgan fingerprint density at radius 2 is 2.00 bits per heavy atom. The Balaban J connectivity index is 1.75. The molecule has 0 spiro atoms. The summed E-state index contributed by atoms with van der Waals surface area (Å²) in [6.07, 6.45) is 5.64. The van der Waals surface area contributed by atoms with Crippen LogP contribution in [0.25, 0.3) is 0 Å². The molecule has 25 heavy (non-hydrogen) atoms. The van der Waals surface area contributed by atoms with Crippen LogP contribution in [0.15, 0.2) is 61.2 Å². The second-order valence-electron chi connectivity index (χ2n) is 6.06. The van der Waals surface area contributed by atoms with E-state index in [9.17, 15) is 8.42 Å². The van der Waals surface area contributed by atoms with E-state index in [1.165, 1.54) is 0 Å². The van der Waals surface area contributed by atoms with E-state index in [1.807, 2.05) is 42.5 Å². The van der Waals surface area contributed by atoms with Crippen LogP contribution in [-0.2, 0) is 22.2 Å². The van der Waals surface area contributed by atoms with Gasteiger partial charge in [0, 0.05) is 31.1 Å². The first-order valence-corrected chi connectivity index (χ1v) is 9.71. The lowest BCUT2D eigenvalue weighted by Gasteiger charge is -2.34. The highest BCUT2D eigenvalue weighted by Gasteiger charge is 2.38.